The third kappa shape index (κ3) is 4.51. The van der Waals surface area contributed by atoms with Gasteiger partial charge in [-0.2, -0.15) is 4.31 Å². The SMILES string of the molecule is CC(C)c1ccc(S(=O)(=O)N2CCN(C(=O)c3cc(Cl)cc(Cl)c3)CC2)cc1. The molecule has 2 aromatic rings. The Kier molecular flexibility index (Phi) is 6.34. The summed E-state index contributed by atoms with van der Waals surface area (Å²) in [6.45, 7) is 5.24. The van der Waals surface area contributed by atoms with Gasteiger partial charge in [-0.3, -0.25) is 4.79 Å². The molecule has 0 saturated carbocycles. The maximum absolute atomic E-state index is 12.9. The number of sulfonamides is 1. The van der Waals surface area contributed by atoms with Gasteiger partial charge in [0.2, 0.25) is 10.0 Å². The summed E-state index contributed by atoms with van der Waals surface area (Å²) in [5.74, 6) is 0.133. The van der Waals surface area contributed by atoms with E-state index in [1.54, 1.807) is 35.2 Å². The summed E-state index contributed by atoms with van der Waals surface area (Å²) in [6.07, 6.45) is 0. The molecule has 0 aromatic heterocycles. The predicted molar refractivity (Wildman–Crippen MR) is 112 cm³/mol. The molecule has 8 heteroatoms. The molecule has 1 aliphatic heterocycles. The Balaban J connectivity index is 1.69. The van der Waals surface area contributed by atoms with Gasteiger partial charge in [0.1, 0.15) is 0 Å². The highest BCUT2D eigenvalue weighted by molar-refractivity contribution is 7.89. The largest absolute Gasteiger partial charge is 0.336 e. The topological polar surface area (TPSA) is 57.7 Å². The number of hydrogen-bond acceptors (Lipinski definition) is 3. The molecule has 3 rings (SSSR count). The highest BCUT2D eigenvalue weighted by atomic mass is 35.5. The summed E-state index contributed by atoms with van der Waals surface area (Å²) in [5.41, 5.74) is 1.49. The van der Waals surface area contributed by atoms with Crippen molar-refractivity contribution < 1.29 is 13.2 Å². The lowest BCUT2D eigenvalue weighted by atomic mass is 10.0. The number of benzene rings is 2. The molecule has 150 valence electrons. The Hall–Kier alpha value is -1.60. The van der Waals surface area contributed by atoms with Gasteiger partial charge in [0.15, 0.2) is 0 Å². The monoisotopic (exact) mass is 440 g/mol. The van der Waals surface area contributed by atoms with Crippen molar-refractivity contribution in [3.05, 3.63) is 63.6 Å². The Morgan fingerprint density at radius 1 is 0.929 bits per heavy atom. The van der Waals surface area contributed by atoms with Crippen molar-refractivity contribution >= 4 is 39.1 Å². The first-order valence-corrected chi connectivity index (χ1v) is 11.2. The van der Waals surface area contributed by atoms with Crippen LogP contribution >= 0.6 is 23.2 Å². The first kappa shape index (κ1) is 21.1. The van der Waals surface area contributed by atoms with Gasteiger partial charge in [0, 0.05) is 41.8 Å². The Morgan fingerprint density at radius 2 is 1.46 bits per heavy atom. The third-order valence-corrected chi connectivity index (χ3v) is 7.17. The molecule has 0 aliphatic carbocycles. The number of nitrogens with zero attached hydrogens (tertiary/aromatic N) is 2. The van der Waals surface area contributed by atoms with Crippen LogP contribution < -0.4 is 0 Å². The average molecular weight is 441 g/mol. The number of rotatable bonds is 4. The van der Waals surface area contributed by atoms with Gasteiger partial charge in [0.05, 0.1) is 4.90 Å². The number of amides is 1. The lowest BCUT2D eigenvalue weighted by Crippen LogP contribution is -2.50. The van der Waals surface area contributed by atoms with E-state index in [0.29, 0.717) is 34.6 Å². The van der Waals surface area contributed by atoms with E-state index in [-0.39, 0.29) is 23.9 Å². The van der Waals surface area contributed by atoms with E-state index in [9.17, 15) is 13.2 Å². The van der Waals surface area contributed by atoms with Crippen LogP contribution in [0.25, 0.3) is 0 Å². The Morgan fingerprint density at radius 3 is 1.96 bits per heavy atom. The van der Waals surface area contributed by atoms with E-state index in [1.165, 1.54) is 4.31 Å². The van der Waals surface area contributed by atoms with E-state index in [1.807, 2.05) is 12.1 Å². The first-order chi connectivity index (χ1) is 13.2. The predicted octanol–water partition coefficient (Wildman–Crippen LogP) is 4.26. The van der Waals surface area contributed by atoms with Crippen LogP contribution in [-0.4, -0.2) is 49.7 Å². The zero-order chi connectivity index (χ0) is 20.5. The smallest absolute Gasteiger partial charge is 0.254 e. The fraction of sp³-hybridized carbons (Fsp3) is 0.350. The summed E-state index contributed by atoms with van der Waals surface area (Å²) in [7, 11) is -3.58. The van der Waals surface area contributed by atoms with Crippen LogP contribution in [0.2, 0.25) is 10.0 Å². The third-order valence-electron chi connectivity index (χ3n) is 4.82. The van der Waals surface area contributed by atoms with Crippen LogP contribution in [0.1, 0.15) is 35.7 Å². The number of halogens is 2. The van der Waals surface area contributed by atoms with E-state index >= 15 is 0 Å². The van der Waals surface area contributed by atoms with Crippen LogP contribution in [0.4, 0.5) is 0 Å². The summed E-state index contributed by atoms with van der Waals surface area (Å²) < 4.78 is 27.2. The van der Waals surface area contributed by atoms with E-state index in [0.717, 1.165) is 5.56 Å². The fourth-order valence-electron chi connectivity index (χ4n) is 3.17. The van der Waals surface area contributed by atoms with Gasteiger partial charge in [-0.1, -0.05) is 49.2 Å². The maximum Gasteiger partial charge on any atom is 0.254 e. The maximum atomic E-state index is 12.9. The lowest BCUT2D eigenvalue weighted by molar-refractivity contribution is 0.0698. The molecule has 0 radical (unpaired) electrons. The molecule has 0 unspecified atom stereocenters. The normalized spacial score (nSPS) is 15.8. The molecular weight excluding hydrogens is 419 g/mol. The number of carbonyl (C=O) groups is 1. The summed E-state index contributed by atoms with van der Waals surface area (Å²) in [4.78, 5) is 14.6. The minimum absolute atomic E-state index is 0.206. The van der Waals surface area contributed by atoms with Crippen molar-refractivity contribution in [1.82, 2.24) is 9.21 Å². The average Bonchev–Trinajstić information content (AvgIpc) is 2.67. The Bertz CT molecular complexity index is 947. The van der Waals surface area contributed by atoms with Crippen LogP contribution in [0.3, 0.4) is 0 Å². The second kappa shape index (κ2) is 8.41. The fourth-order valence-corrected chi connectivity index (χ4v) is 5.11. The molecule has 2 aromatic carbocycles. The molecule has 28 heavy (non-hydrogen) atoms. The molecule has 5 nitrogen and oxygen atoms in total. The zero-order valence-corrected chi connectivity index (χ0v) is 18.1. The van der Waals surface area contributed by atoms with Gasteiger partial charge in [-0.15, -0.1) is 0 Å². The number of carbonyl (C=O) groups excluding carboxylic acids is 1. The minimum Gasteiger partial charge on any atom is -0.336 e. The van der Waals surface area contributed by atoms with Crippen LogP contribution in [0, 0.1) is 0 Å². The molecule has 0 N–H and O–H groups in total. The molecule has 0 spiro atoms. The number of hydrogen-bond donors (Lipinski definition) is 0. The molecule has 0 atom stereocenters. The van der Waals surface area contributed by atoms with E-state index < -0.39 is 10.0 Å². The minimum atomic E-state index is -3.58. The summed E-state index contributed by atoms with van der Waals surface area (Å²) in [6, 6.07) is 11.7. The molecular formula is C20H22Cl2N2O3S. The standard InChI is InChI=1S/C20H22Cl2N2O3S/c1-14(2)15-3-5-19(6-4-15)28(26,27)24-9-7-23(8-10-24)20(25)16-11-17(21)13-18(22)12-16/h3-6,11-14H,7-10H2,1-2H3. The van der Waals surface area contributed by atoms with Crippen molar-refractivity contribution in [2.24, 2.45) is 0 Å². The molecule has 1 heterocycles. The summed E-state index contributed by atoms with van der Waals surface area (Å²) in [5, 5.41) is 0.781. The lowest BCUT2D eigenvalue weighted by Gasteiger charge is -2.34. The van der Waals surface area contributed by atoms with Crippen molar-refractivity contribution in [3.63, 3.8) is 0 Å². The van der Waals surface area contributed by atoms with Gasteiger partial charge in [0.25, 0.3) is 5.91 Å². The highest BCUT2D eigenvalue weighted by Crippen LogP contribution is 2.23. The number of piperazine rings is 1. The van der Waals surface area contributed by atoms with Crippen molar-refractivity contribution in [3.8, 4) is 0 Å². The quantitative estimate of drug-likeness (QED) is 0.713. The Labute approximate surface area is 175 Å². The van der Waals surface area contributed by atoms with Gasteiger partial charge in [-0.25, -0.2) is 8.42 Å². The van der Waals surface area contributed by atoms with Crippen molar-refractivity contribution in [2.45, 2.75) is 24.7 Å². The van der Waals surface area contributed by atoms with Crippen LogP contribution in [0.15, 0.2) is 47.4 Å². The second-order valence-electron chi connectivity index (χ2n) is 7.08. The first-order valence-electron chi connectivity index (χ1n) is 9.04. The molecule has 1 amide bonds. The molecule has 1 aliphatic rings. The molecule has 0 bridgehead atoms. The van der Waals surface area contributed by atoms with Crippen molar-refractivity contribution in [2.75, 3.05) is 26.2 Å². The molecule has 1 fully saturated rings. The van der Waals surface area contributed by atoms with Gasteiger partial charge in [-0.05, 0) is 41.8 Å². The van der Waals surface area contributed by atoms with Gasteiger partial charge >= 0.3 is 0 Å². The summed E-state index contributed by atoms with van der Waals surface area (Å²) >= 11 is 11.9. The van der Waals surface area contributed by atoms with E-state index in [4.69, 9.17) is 23.2 Å². The van der Waals surface area contributed by atoms with Crippen LogP contribution in [-0.2, 0) is 10.0 Å². The molecule has 1 saturated heterocycles. The van der Waals surface area contributed by atoms with Crippen molar-refractivity contribution in [1.29, 1.82) is 0 Å². The van der Waals surface area contributed by atoms with Crippen LogP contribution in [0.5, 0.6) is 0 Å². The van der Waals surface area contributed by atoms with E-state index in [2.05, 4.69) is 13.8 Å². The second-order valence-corrected chi connectivity index (χ2v) is 9.89. The highest BCUT2D eigenvalue weighted by Gasteiger charge is 2.30. The van der Waals surface area contributed by atoms with Gasteiger partial charge < -0.3 is 4.90 Å². The zero-order valence-electron chi connectivity index (χ0n) is 15.7.